The second-order valence-corrected chi connectivity index (χ2v) is 8.19. The fraction of sp³-hybridized carbons (Fsp3) is 0.360. The average Bonchev–Trinajstić information content (AvgIpc) is 2.86. The highest BCUT2D eigenvalue weighted by molar-refractivity contribution is 5.99. The number of rotatable bonds is 7. The van der Waals surface area contributed by atoms with Gasteiger partial charge in [0, 0.05) is 18.7 Å². The number of nitrogens with one attached hydrogen (secondary N) is 1. The molecule has 0 aromatic heterocycles. The molecule has 1 fully saturated rings. The molecule has 2 aromatic carbocycles. The number of nitrogens with zero attached hydrogens (tertiary/aromatic N) is 2. The molecule has 1 saturated heterocycles. The van der Waals surface area contributed by atoms with Crippen LogP contribution >= 0.6 is 0 Å². The molecule has 1 aliphatic heterocycles. The lowest BCUT2D eigenvalue weighted by atomic mass is 10.0. The fourth-order valence-corrected chi connectivity index (χ4v) is 4.11. The van der Waals surface area contributed by atoms with Gasteiger partial charge in [-0.1, -0.05) is 35.9 Å². The molecule has 0 spiro atoms. The number of aliphatic carboxylic acids is 1. The predicted octanol–water partition coefficient (Wildman–Crippen LogP) is 2.58. The van der Waals surface area contributed by atoms with Crippen LogP contribution in [0, 0.1) is 6.92 Å². The van der Waals surface area contributed by atoms with Crippen LogP contribution in [0.25, 0.3) is 0 Å². The molecule has 35 heavy (non-hydrogen) atoms. The molecular formula is C25H29N3O7. The number of ether oxygens (including phenoxy) is 2. The number of benzene rings is 2. The number of hydrogen-bond donors (Lipinski definition) is 2. The van der Waals surface area contributed by atoms with E-state index in [4.69, 9.17) is 9.47 Å². The molecule has 1 aliphatic rings. The van der Waals surface area contributed by atoms with Gasteiger partial charge in [-0.05, 0) is 37.1 Å². The molecule has 0 saturated carbocycles. The Morgan fingerprint density at radius 1 is 1.06 bits per heavy atom. The van der Waals surface area contributed by atoms with Crippen LogP contribution in [0.1, 0.15) is 40.4 Å². The van der Waals surface area contributed by atoms with E-state index in [0.29, 0.717) is 17.7 Å². The van der Waals surface area contributed by atoms with Crippen molar-refractivity contribution in [2.45, 2.75) is 32.0 Å². The first-order chi connectivity index (χ1) is 16.7. The van der Waals surface area contributed by atoms with Gasteiger partial charge in [0.25, 0.3) is 11.8 Å². The zero-order chi connectivity index (χ0) is 25.5. The van der Waals surface area contributed by atoms with Crippen LogP contribution in [0.5, 0.6) is 5.75 Å². The van der Waals surface area contributed by atoms with E-state index >= 15 is 0 Å². The summed E-state index contributed by atoms with van der Waals surface area (Å²) < 4.78 is 10.1. The quantitative estimate of drug-likeness (QED) is 0.620. The molecule has 2 unspecified atom stereocenters. The largest absolute Gasteiger partial charge is 0.497 e. The van der Waals surface area contributed by atoms with Gasteiger partial charge in [0.05, 0.1) is 26.7 Å². The molecule has 10 nitrogen and oxygen atoms in total. The number of carbonyl (C=O) groups excluding carboxylic acids is 3. The van der Waals surface area contributed by atoms with Crippen molar-refractivity contribution in [1.29, 1.82) is 0 Å². The molecule has 2 aromatic rings. The highest BCUT2D eigenvalue weighted by Gasteiger charge is 2.42. The summed E-state index contributed by atoms with van der Waals surface area (Å²) in [4.78, 5) is 53.6. The molecule has 10 heteroatoms. The normalized spacial score (nSPS) is 16.3. The standard InChI is InChI=1S/C25H29N3O7/c1-16-7-4-8-17(13-16)20(15-21(29)30)26-22(31)23-27(11-6-12-28(23)25(33)35-3)24(32)18-9-5-10-19(14-18)34-2/h4-5,7-10,13-14,20,23H,6,11-12,15H2,1-3H3,(H,26,31)(H,29,30). The van der Waals surface area contributed by atoms with Crippen LogP contribution in [0.4, 0.5) is 4.79 Å². The number of aryl methyl sites for hydroxylation is 1. The van der Waals surface area contributed by atoms with Crippen LogP contribution in [-0.4, -0.2) is 72.3 Å². The van der Waals surface area contributed by atoms with Gasteiger partial charge in [0.15, 0.2) is 6.17 Å². The summed E-state index contributed by atoms with van der Waals surface area (Å²) >= 11 is 0. The first kappa shape index (κ1) is 25.5. The molecule has 3 rings (SSSR count). The number of carbonyl (C=O) groups is 4. The Kier molecular flexibility index (Phi) is 8.30. The molecule has 2 N–H and O–H groups in total. The van der Waals surface area contributed by atoms with E-state index in [0.717, 1.165) is 5.56 Å². The highest BCUT2D eigenvalue weighted by Crippen LogP contribution is 2.24. The smallest absolute Gasteiger partial charge is 0.411 e. The zero-order valence-corrected chi connectivity index (χ0v) is 19.9. The third kappa shape index (κ3) is 6.08. The molecule has 0 radical (unpaired) electrons. The first-order valence-corrected chi connectivity index (χ1v) is 11.1. The molecular weight excluding hydrogens is 454 g/mol. The van der Waals surface area contributed by atoms with Crippen molar-refractivity contribution in [3.05, 3.63) is 65.2 Å². The number of hydrogen-bond acceptors (Lipinski definition) is 6. The van der Waals surface area contributed by atoms with Gasteiger partial charge < -0.3 is 24.8 Å². The lowest BCUT2D eigenvalue weighted by Crippen LogP contribution is -2.63. The number of methoxy groups -OCH3 is 2. The summed E-state index contributed by atoms with van der Waals surface area (Å²) in [5.41, 5.74) is 1.79. The van der Waals surface area contributed by atoms with Crippen molar-refractivity contribution < 1.29 is 33.8 Å². The monoisotopic (exact) mass is 483 g/mol. The van der Waals surface area contributed by atoms with Crippen LogP contribution in [0.15, 0.2) is 48.5 Å². The number of carboxylic acid groups (broad SMARTS) is 1. The second kappa shape index (κ2) is 11.4. The van der Waals surface area contributed by atoms with E-state index in [9.17, 15) is 24.3 Å². The maximum absolute atomic E-state index is 13.6. The Morgan fingerprint density at radius 2 is 1.77 bits per heavy atom. The second-order valence-electron chi connectivity index (χ2n) is 8.19. The summed E-state index contributed by atoms with van der Waals surface area (Å²) in [5.74, 6) is -1.78. The van der Waals surface area contributed by atoms with Crippen LogP contribution in [-0.2, 0) is 14.3 Å². The Bertz CT molecular complexity index is 1100. The molecule has 186 valence electrons. The van der Waals surface area contributed by atoms with E-state index in [1.807, 2.05) is 13.0 Å². The van der Waals surface area contributed by atoms with Gasteiger partial charge in [0.1, 0.15) is 5.75 Å². The van der Waals surface area contributed by atoms with Crippen molar-refractivity contribution in [1.82, 2.24) is 15.1 Å². The number of amides is 3. The molecule has 0 bridgehead atoms. The van der Waals surface area contributed by atoms with Crippen LogP contribution in [0.3, 0.4) is 0 Å². The Balaban J connectivity index is 1.96. The number of carboxylic acids is 1. The fourth-order valence-electron chi connectivity index (χ4n) is 4.11. The van der Waals surface area contributed by atoms with Crippen LogP contribution < -0.4 is 10.1 Å². The average molecular weight is 484 g/mol. The third-order valence-electron chi connectivity index (χ3n) is 5.75. The van der Waals surface area contributed by atoms with E-state index in [-0.39, 0.29) is 25.1 Å². The van der Waals surface area contributed by atoms with Crippen molar-refractivity contribution in [2.24, 2.45) is 0 Å². The van der Waals surface area contributed by atoms with Crippen molar-refractivity contribution in [2.75, 3.05) is 27.3 Å². The van der Waals surface area contributed by atoms with E-state index in [2.05, 4.69) is 5.32 Å². The summed E-state index contributed by atoms with van der Waals surface area (Å²) in [5, 5.41) is 12.2. The lowest BCUT2D eigenvalue weighted by Gasteiger charge is -2.42. The maximum atomic E-state index is 13.6. The molecule has 3 amide bonds. The minimum absolute atomic E-state index is 0.195. The van der Waals surface area contributed by atoms with Gasteiger partial charge >= 0.3 is 12.1 Å². The SMILES string of the molecule is COC(=O)N1CCCN(C(=O)c2cccc(OC)c2)C1C(=O)NC(CC(=O)O)c1cccc(C)c1. The predicted molar refractivity (Wildman–Crippen MR) is 126 cm³/mol. The minimum Gasteiger partial charge on any atom is -0.497 e. The van der Waals surface area contributed by atoms with E-state index in [1.165, 1.54) is 24.0 Å². The third-order valence-corrected chi connectivity index (χ3v) is 5.75. The maximum Gasteiger partial charge on any atom is 0.411 e. The topological polar surface area (TPSA) is 125 Å². The summed E-state index contributed by atoms with van der Waals surface area (Å²) in [6.07, 6.45) is -2.02. The first-order valence-electron chi connectivity index (χ1n) is 11.1. The minimum atomic E-state index is -1.32. The molecule has 2 atom stereocenters. The Hall–Kier alpha value is -4.08. The van der Waals surface area contributed by atoms with Gasteiger partial charge in [-0.3, -0.25) is 19.3 Å². The van der Waals surface area contributed by atoms with E-state index in [1.54, 1.807) is 42.5 Å². The van der Waals surface area contributed by atoms with Crippen molar-refractivity contribution >= 4 is 23.9 Å². The zero-order valence-electron chi connectivity index (χ0n) is 19.9. The Labute approximate surface area is 203 Å². The van der Waals surface area contributed by atoms with Gasteiger partial charge in [-0.2, -0.15) is 0 Å². The van der Waals surface area contributed by atoms with E-state index < -0.39 is 36.1 Å². The summed E-state index contributed by atoms with van der Waals surface area (Å²) in [6.45, 7) is 2.27. The molecule has 1 heterocycles. The highest BCUT2D eigenvalue weighted by atomic mass is 16.5. The summed E-state index contributed by atoms with van der Waals surface area (Å²) in [6, 6.07) is 12.8. The van der Waals surface area contributed by atoms with Gasteiger partial charge in [-0.25, -0.2) is 4.79 Å². The van der Waals surface area contributed by atoms with Gasteiger partial charge in [-0.15, -0.1) is 0 Å². The van der Waals surface area contributed by atoms with Crippen LogP contribution in [0.2, 0.25) is 0 Å². The molecule has 0 aliphatic carbocycles. The van der Waals surface area contributed by atoms with Crippen molar-refractivity contribution in [3.8, 4) is 5.75 Å². The Morgan fingerprint density at radius 3 is 2.43 bits per heavy atom. The summed E-state index contributed by atoms with van der Waals surface area (Å²) in [7, 11) is 2.67. The van der Waals surface area contributed by atoms with Crippen molar-refractivity contribution in [3.63, 3.8) is 0 Å². The van der Waals surface area contributed by atoms with Gasteiger partial charge in [0.2, 0.25) is 0 Å². The lowest BCUT2D eigenvalue weighted by molar-refractivity contribution is -0.138.